The van der Waals surface area contributed by atoms with Crippen molar-refractivity contribution in [2.75, 3.05) is 6.61 Å². The van der Waals surface area contributed by atoms with Crippen molar-refractivity contribution in [1.29, 1.82) is 0 Å². The second-order valence-corrected chi connectivity index (χ2v) is 12.0. The van der Waals surface area contributed by atoms with Gasteiger partial charge in [-0.15, -0.1) is 0 Å². The summed E-state index contributed by atoms with van der Waals surface area (Å²) in [7, 11) is -1.23. The average Bonchev–Trinajstić information content (AvgIpc) is 2.77. The van der Waals surface area contributed by atoms with Gasteiger partial charge in [0.05, 0.1) is 5.56 Å². The molecule has 0 amide bonds. The van der Waals surface area contributed by atoms with Crippen LogP contribution in [0.3, 0.4) is 0 Å². The van der Waals surface area contributed by atoms with Gasteiger partial charge in [-0.25, -0.2) is 0 Å². The highest BCUT2D eigenvalue weighted by molar-refractivity contribution is 6.76. The van der Waals surface area contributed by atoms with E-state index >= 15 is 0 Å². The molecule has 2 rings (SSSR count). The molecule has 4 nitrogen and oxygen atoms in total. The monoisotopic (exact) mass is 332 g/mol. The van der Waals surface area contributed by atoms with Crippen LogP contribution in [0.1, 0.15) is 5.56 Å². The fourth-order valence-electron chi connectivity index (χ4n) is 2.11. The number of nitrogens with zero attached hydrogens (tertiary/aromatic N) is 1. The summed E-state index contributed by atoms with van der Waals surface area (Å²) in [6.45, 7) is 7.23. The Labute approximate surface area is 126 Å². The summed E-state index contributed by atoms with van der Waals surface area (Å²) in [5, 5.41) is -0.106. The highest BCUT2D eigenvalue weighted by Gasteiger charge is 2.33. The fraction of sp³-hybridized carbons (Fsp3) is 0.500. The molecule has 0 saturated heterocycles. The molecule has 22 heavy (non-hydrogen) atoms. The summed E-state index contributed by atoms with van der Waals surface area (Å²) in [5.41, 5.74) is -1.41. The Hall–Kier alpha value is -1.54. The van der Waals surface area contributed by atoms with Crippen LogP contribution in [0.15, 0.2) is 23.3 Å². The minimum Gasteiger partial charge on any atom is -0.361 e. The summed E-state index contributed by atoms with van der Waals surface area (Å²) in [5.74, 6) is 0. The van der Waals surface area contributed by atoms with Gasteiger partial charge < -0.3 is 14.3 Å². The van der Waals surface area contributed by atoms with Gasteiger partial charge in [-0.05, 0) is 12.1 Å². The molecule has 122 valence electrons. The van der Waals surface area contributed by atoms with Crippen molar-refractivity contribution in [3.63, 3.8) is 0 Å². The van der Waals surface area contributed by atoms with Gasteiger partial charge in [-0.3, -0.25) is 4.79 Å². The topological polar surface area (TPSA) is 47.0 Å². The zero-order valence-corrected chi connectivity index (χ0v) is 13.8. The Balaban J connectivity index is 2.24. The lowest BCUT2D eigenvalue weighted by atomic mass is 10.2. The number of aromatic amines is 1. The Morgan fingerprint density at radius 3 is 2.59 bits per heavy atom. The van der Waals surface area contributed by atoms with E-state index in [1.807, 2.05) is 0 Å². The maximum Gasteiger partial charge on any atom is 0.418 e. The number of hydrogen-bond donors (Lipinski definition) is 1. The highest BCUT2D eigenvalue weighted by Crippen LogP contribution is 2.33. The van der Waals surface area contributed by atoms with E-state index in [0.717, 1.165) is 6.04 Å². The van der Waals surface area contributed by atoms with Gasteiger partial charge in [-0.1, -0.05) is 19.6 Å². The van der Waals surface area contributed by atoms with Crippen LogP contribution >= 0.6 is 0 Å². The van der Waals surface area contributed by atoms with E-state index < -0.39 is 25.4 Å². The van der Waals surface area contributed by atoms with Crippen molar-refractivity contribution in [2.24, 2.45) is 0 Å². The third-order valence-corrected chi connectivity index (χ3v) is 5.05. The molecule has 2 aromatic heterocycles. The van der Waals surface area contributed by atoms with Crippen LogP contribution in [0.2, 0.25) is 25.7 Å². The number of halogens is 3. The first-order valence-electron chi connectivity index (χ1n) is 6.95. The number of nitrogens with one attached hydrogen (secondary N) is 1. The lowest BCUT2D eigenvalue weighted by Crippen LogP contribution is -2.22. The summed E-state index contributed by atoms with van der Waals surface area (Å²) >= 11 is 0. The van der Waals surface area contributed by atoms with Gasteiger partial charge in [-0.2, -0.15) is 13.2 Å². The molecule has 0 aliphatic carbocycles. The number of ether oxygens (including phenoxy) is 1. The molecule has 0 unspecified atom stereocenters. The highest BCUT2D eigenvalue weighted by atomic mass is 28.3. The summed E-state index contributed by atoms with van der Waals surface area (Å²) in [6.07, 6.45) is -2.35. The number of alkyl halides is 3. The summed E-state index contributed by atoms with van der Waals surface area (Å²) < 4.78 is 45.7. The summed E-state index contributed by atoms with van der Waals surface area (Å²) in [6, 6.07) is 2.26. The van der Waals surface area contributed by atoms with Crippen LogP contribution in [0, 0.1) is 0 Å². The minimum atomic E-state index is -4.51. The first-order valence-corrected chi connectivity index (χ1v) is 10.7. The van der Waals surface area contributed by atoms with Crippen molar-refractivity contribution in [3.8, 4) is 0 Å². The van der Waals surface area contributed by atoms with Crippen molar-refractivity contribution in [3.05, 3.63) is 34.4 Å². The third kappa shape index (κ3) is 3.80. The molecule has 0 bridgehead atoms. The van der Waals surface area contributed by atoms with Crippen molar-refractivity contribution in [1.82, 2.24) is 9.55 Å². The number of rotatable bonds is 5. The van der Waals surface area contributed by atoms with E-state index in [1.165, 1.54) is 16.8 Å². The average molecular weight is 332 g/mol. The second kappa shape index (κ2) is 5.92. The molecule has 2 aromatic rings. The molecule has 0 spiro atoms. The normalized spacial score (nSPS) is 13.0. The first kappa shape index (κ1) is 16.8. The van der Waals surface area contributed by atoms with Crippen molar-refractivity contribution < 1.29 is 17.9 Å². The molecule has 0 fully saturated rings. The van der Waals surface area contributed by atoms with Gasteiger partial charge in [0.25, 0.3) is 5.56 Å². The van der Waals surface area contributed by atoms with Crippen LogP contribution in [-0.2, 0) is 17.6 Å². The van der Waals surface area contributed by atoms with Gasteiger partial charge in [0.2, 0.25) is 0 Å². The van der Waals surface area contributed by atoms with E-state index in [0.29, 0.717) is 12.8 Å². The van der Waals surface area contributed by atoms with Crippen molar-refractivity contribution >= 4 is 19.0 Å². The fourth-order valence-corrected chi connectivity index (χ4v) is 2.87. The maximum absolute atomic E-state index is 12.9. The number of pyridine rings is 1. The van der Waals surface area contributed by atoms with Crippen molar-refractivity contribution in [2.45, 2.75) is 38.6 Å². The quantitative estimate of drug-likeness (QED) is 0.671. The Bertz CT molecular complexity index is 713. The van der Waals surface area contributed by atoms with E-state index in [1.54, 1.807) is 0 Å². The first-order chi connectivity index (χ1) is 10.1. The predicted molar refractivity (Wildman–Crippen MR) is 81.7 cm³/mol. The molecule has 0 aliphatic heterocycles. The molecular weight excluding hydrogens is 313 g/mol. The second-order valence-electron chi connectivity index (χ2n) is 6.43. The zero-order valence-electron chi connectivity index (χ0n) is 12.8. The van der Waals surface area contributed by atoms with Crippen LogP contribution in [0.5, 0.6) is 0 Å². The SMILES string of the molecule is C[Si](C)(C)CCOCn1ccc2c(C(F)(F)F)c[nH]c(=O)c21. The molecule has 0 radical (unpaired) electrons. The van der Waals surface area contributed by atoms with Gasteiger partial charge in [0.15, 0.2) is 0 Å². The van der Waals surface area contributed by atoms with E-state index in [-0.39, 0.29) is 17.6 Å². The summed E-state index contributed by atoms with van der Waals surface area (Å²) in [4.78, 5) is 14.0. The third-order valence-electron chi connectivity index (χ3n) is 3.35. The molecule has 1 N–H and O–H groups in total. The molecule has 2 heterocycles. The van der Waals surface area contributed by atoms with E-state index in [4.69, 9.17) is 4.74 Å². The molecule has 0 aromatic carbocycles. The Morgan fingerprint density at radius 1 is 1.32 bits per heavy atom. The van der Waals surface area contributed by atoms with Gasteiger partial charge >= 0.3 is 6.18 Å². The Kier molecular flexibility index (Phi) is 4.53. The lowest BCUT2D eigenvalue weighted by molar-refractivity contribution is -0.136. The van der Waals surface area contributed by atoms with Crippen LogP contribution < -0.4 is 5.56 Å². The molecule has 0 aliphatic rings. The van der Waals surface area contributed by atoms with E-state index in [9.17, 15) is 18.0 Å². The smallest absolute Gasteiger partial charge is 0.361 e. The maximum atomic E-state index is 12.9. The van der Waals surface area contributed by atoms with E-state index in [2.05, 4.69) is 24.6 Å². The number of hydrogen-bond acceptors (Lipinski definition) is 2. The zero-order chi connectivity index (χ0) is 16.5. The molecule has 0 atom stereocenters. The predicted octanol–water partition coefficient (Wildman–Crippen LogP) is 3.66. The minimum absolute atomic E-state index is 0.0113. The lowest BCUT2D eigenvalue weighted by Gasteiger charge is -2.15. The number of H-pyrrole nitrogens is 1. The number of fused-ring (bicyclic) bond motifs is 1. The molecule has 8 heteroatoms. The van der Waals surface area contributed by atoms with Gasteiger partial charge in [0.1, 0.15) is 12.2 Å². The number of aromatic nitrogens is 2. The van der Waals surface area contributed by atoms with Gasteiger partial charge in [0, 0.05) is 32.5 Å². The molecule has 0 saturated carbocycles. The van der Waals surface area contributed by atoms with Crippen LogP contribution in [0.25, 0.3) is 10.9 Å². The standard InChI is InChI=1S/C14H19F3N2O2Si/c1-22(2,3)7-6-21-9-19-5-4-10-11(14(15,16)17)8-18-13(20)12(10)19/h4-5,8H,6-7,9H2,1-3H3,(H,18,20). The van der Waals surface area contributed by atoms with Crippen LogP contribution in [-0.4, -0.2) is 24.2 Å². The Morgan fingerprint density at radius 2 is 2.00 bits per heavy atom. The largest absolute Gasteiger partial charge is 0.418 e. The van der Waals surface area contributed by atoms with Crippen LogP contribution in [0.4, 0.5) is 13.2 Å². The molecular formula is C14H19F3N2O2Si.